The fraction of sp³-hybridized carbons (Fsp3) is 0.222. The van der Waals surface area contributed by atoms with Crippen LogP contribution in [0.1, 0.15) is 5.56 Å². The second-order valence-corrected chi connectivity index (χ2v) is 4.32. The molecule has 0 saturated carbocycles. The Morgan fingerprint density at radius 2 is 1.68 bits per heavy atom. The van der Waals surface area contributed by atoms with Crippen LogP contribution in [0.3, 0.4) is 0 Å². The number of aromatic hydroxyl groups is 2. The number of hydrogen-bond acceptors (Lipinski definition) is 6. The summed E-state index contributed by atoms with van der Waals surface area (Å²) < 4.78 is 31.6. The van der Waals surface area contributed by atoms with Gasteiger partial charge in [-0.05, 0) is 24.1 Å². The molecular formula is C9H13NO8S. The Bertz CT molecular complexity index is 533. The molecule has 0 fully saturated rings. The highest BCUT2D eigenvalue weighted by molar-refractivity contribution is 7.79. The van der Waals surface area contributed by atoms with E-state index in [-0.39, 0.29) is 17.9 Å². The molecule has 1 rings (SSSR count). The Hall–Kier alpha value is -1.88. The van der Waals surface area contributed by atoms with Crippen LogP contribution in [0.15, 0.2) is 18.2 Å². The zero-order chi connectivity index (χ0) is 15.2. The van der Waals surface area contributed by atoms with Crippen molar-refractivity contribution in [2.75, 3.05) is 0 Å². The van der Waals surface area contributed by atoms with E-state index in [2.05, 4.69) is 0 Å². The van der Waals surface area contributed by atoms with Gasteiger partial charge in [0.1, 0.15) is 6.04 Å². The summed E-state index contributed by atoms with van der Waals surface area (Å²) in [6.45, 7) is 0. The Balaban J connectivity index is 0.000000555. The fourth-order valence-electron chi connectivity index (χ4n) is 1.04. The van der Waals surface area contributed by atoms with Gasteiger partial charge in [-0.3, -0.25) is 13.9 Å². The van der Waals surface area contributed by atoms with Gasteiger partial charge in [0, 0.05) is 0 Å². The van der Waals surface area contributed by atoms with E-state index in [0.29, 0.717) is 5.56 Å². The zero-order valence-electron chi connectivity index (χ0n) is 9.46. The minimum atomic E-state index is -4.67. The summed E-state index contributed by atoms with van der Waals surface area (Å²) in [5, 5.41) is 26.6. The summed E-state index contributed by atoms with van der Waals surface area (Å²) in [5.74, 6) is -1.62. The highest BCUT2D eigenvalue weighted by atomic mass is 32.3. The van der Waals surface area contributed by atoms with E-state index in [4.69, 9.17) is 38.6 Å². The third-order valence-electron chi connectivity index (χ3n) is 1.81. The van der Waals surface area contributed by atoms with Gasteiger partial charge in [-0.1, -0.05) is 6.07 Å². The molecule has 108 valence electrons. The van der Waals surface area contributed by atoms with Crippen molar-refractivity contribution in [3.8, 4) is 11.5 Å². The molecule has 10 heteroatoms. The molecule has 0 saturated heterocycles. The molecule has 19 heavy (non-hydrogen) atoms. The molecule has 0 aromatic heterocycles. The second-order valence-electron chi connectivity index (χ2n) is 3.42. The van der Waals surface area contributed by atoms with Gasteiger partial charge in [0.25, 0.3) is 0 Å². The first-order valence-corrected chi connectivity index (χ1v) is 6.09. The zero-order valence-corrected chi connectivity index (χ0v) is 10.3. The van der Waals surface area contributed by atoms with Crippen molar-refractivity contribution >= 4 is 16.4 Å². The summed E-state index contributed by atoms with van der Waals surface area (Å²) in [4.78, 5) is 10.4. The number of aliphatic carboxylic acids is 1. The average molecular weight is 295 g/mol. The molecule has 7 N–H and O–H groups in total. The van der Waals surface area contributed by atoms with Crippen LogP contribution in [0.5, 0.6) is 11.5 Å². The molecule has 0 bridgehead atoms. The molecule has 0 aliphatic carbocycles. The van der Waals surface area contributed by atoms with Crippen LogP contribution in [0, 0.1) is 0 Å². The van der Waals surface area contributed by atoms with Crippen LogP contribution in [0.25, 0.3) is 0 Å². The normalized spacial score (nSPS) is 12.2. The van der Waals surface area contributed by atoms with Crippen molar-refractivity contribution in [3.63, 3.8) is 0 Å². The Morgan fingerprint density at radius 1 is 1.21 bits per heavy atom. The molecule has 0 heterocycles. The fourth-order valence-corrected chi connectivity index (χ4v) is 1.04. The number of nitrogens with two attached hydrogens (primary N) is 1. The van der Waals surface area contributed by atoms with Gasteiger partial charge in [0.15, 0.2) is 11.5 Å². The molecule has 0 amide bonds. The van der Waals surface area contributed by atoms with Gasteiger partial charge in [0.05, 0.1) is 0 Å². The number of phenols is 2. The molecule has 1 aromatic rings. The van der Waals surface area contributed by atoms with E-state index in [0.717, 1.165) is 0 Å². The maximum atomic E-state index is 10.4. The molecule has 0 radical (unpaired) electrons. The Kier molecular flexibility index (Phi) is 6.21. The number of carboxylic acid groups (broad SMARTS) is 1. The van der Waals surface area contributed by atoms with Crippen molar-refractivity contribution in [3.05, 3.63) is 23.8 Å². The lowest BCUT2D eigenvalue weighted by molar-refractivity contribution is -0.138. The van der Waals surface area contributed by atoms with Crippen LogP contribution < -0.4 is 5.73 Å². The van der Waals surface area contributed by atoms with Crippen LogP contribution >= 0.6 is 0 Å². The lowest BCUT2D eigenvalue weighted by atomic mass is 10.1. The van der Waals surface area contributed by atoms with E-state index in [1.54, 1.807) is 0 Å². The number of rotatable bonds is 3. The van der Waals surface area contributed by atoms with E-state index >= 15 is 0 Å². The number of carbonyl (C=O) groups is 1. The predicted octanol–water partition coefficient (Wildman–Crippen LogP) is -0.601. The molecule has 0 unspecified atom stereocenters. The van der Waals surface area contributed by atoms with Crippen molar-refractivity contribution in [2.24, 2.45) is 5.73 Å². The van der Waals surface area contributed by atoms with Gasteiger partial charge < -0.3 is 21.1 Å². The van der Waals surface area contributed by atoms with Crippen LogP contribution in [0.4, 0.5) is 0 Å². The van der Waals surface area contributed by atoms with Gasteiger partial charge in [-0.15, -0.1) is 0 Å². The maximum Gasteiger partial charge on any atom is 0.394 e. The van der Waals surface area contributed by atoms with E-state index in [9.17, 15) is 4.79 Å². The second kappa shape index (κ2) is 6.89. The summed E-state index contributed by atoms with van der Waals surface area (Å²) in [6, 6.07) is 3.09. The smallest absolute Gasteiger partial charge is 0.394 e. The number of carboxylic acids is 1. The highest BCUT2D eigenvalue weighted by Crippen LogP contribution is 2.25. The Labute approximate surface area is 108 Å². The van der Waals surface area contributed by atoms with Crippen LogP contribution in [-0.4, -0.2) is 44.9 Å². The van der Waals surface area contributed by atoms with Gasteiger partial charge in [-0.2, -0.15) is 8.42 Å². The molecule has 1 aromatic carbocycles. The van der Waals surface area contributed by atoms with Gasteiger partial charge in [-0.25, -0.2) is 0 Å². The van der Waals surface area contributed by atoms with Crippen molar-refractivity contribution in [2.45, 2.75) is 12.5 Å². The first-order valence-electron chi connectivity index (χ1n) is 4.70. The molecule has 0 spiro atoms. The van der Waals surface area contributed by atoms with E-state index in [1.807, 2.05) is 0 Å². The highest BCUT2D eigenvalue weighted by Gasteiger charge is 2.12. The summed E-state index contributed by atoms with van der Waals surface area (Å²) >= 11 is 0. The lowest BCUT2D eigenvalue weighted by Gasteiger charge is -2.06. The van der Waals surface area contributed by atoms with Crippen molar-refractivity contribution in [1.82, 2.24) is 0 Å². The van der Waals surface area contributed by atoms with Gasteiger partial charge >= 0.3 is 16.4 Å². The minimum Gasteiger partial charge on any atom is -0.504 e. The summed E-state index contributed by atoms with van der Waals surface area (Å²) in [6.07, 6.45) is 0.114. The van der Waals surface area contributed by atoms with Gasteiger partial charge in [0.2, 0.25) is 0 Å². The lowest BCUT2D eigenvalue weighted by Crippen LogP contribution is -2.32. The number of benzene rings is 1. The maximum absolute atomic E-state index is 10.4. The molecule has 9 nitrogen and oxygen atoms in total. The van der Waals surface area contributed by atoms with Crippen LogP contribution in [0.2, 0.25) is 0 Å². The Morgan fingerprint density at radius 3 is 2.05 bits per heavy atom. The number of phenolic OH excluding ortho intramolecular Hbond substituents is 2. The van der Waals surface area contributed by atoms with Crippen molar-refractivity contribution in [1.29, 1.82) is 0 Å². The third kappa shape index (κ3) is 8.79. The summed E-state index contributed by atoms with van der Waals surface area (Å²) in [5.41, 5.74) is 5.86. The van der Waals surface area contributed by atoms with E-state index in [1.165, 1.54) is 18.2 Å². The number of hydrogen-bond donors (Lipinski definition) is 6. The average Bonchev–Trinajstić information content (AvgIpc) is 2.21. The first-order chi connectivity index (χ1) is 8.50. The monoisotopic (exact) mass is 295 g/mol. The standard InChI is InChI=1S/C9H11NO4.H2O4S/c10-6(9(13)14)3-5-1-2-7(11)8(12)4-5;1-5(2,3)4/h1-2,4,6,11-12H,3,10H2,(H,13,14);(H2,1,2,3,4)/t6-;/m0./s1. The topological polar surface area (TPSA) is 178 Å². The largest absolute Gasteiger partial charge is 0.504 e. The molecule has 1 atom stereocenters. The first kappa shape index (κ1) is 17.1. The SMILES string of the molecule is N[C@@H](Cc1ccc(O)c(O)c1)C(=O)O.O=S(=O)(O)O. The van der Waals surface area contributed by atoms with Crippen LogP contribution in [-0.2, 0) is 21.6 Å². The molecular weight excluding hydrogens is 282 g/mol. The predicted molar refractivity (Wildman–Crippen MR) is 63.3 cm³/mol. The van der Waals surface area contributed by atoms with E-state index < -0.39 is 22.4 Å². The minimum absolute atomic E-state index is 0.114. The summed E-state index contributed by atoms with van der Waals surface area (Å²) in [7, 11) is -4.67. The van der Waals surface area contributed by atoms with Crippen molar-refractivity contribution < 1.29 is 37.6 Å². The third-order valence-corrected chi connectivity index (χ3v) is 1.81. The quantitative estimate of drug-likeness (QED) is 0.313. The molecule has 0 aliphatic heterocycles. The molecule has 0 aliphatic rings.